The monoisotopic (exact) mass is 588 g/mol. The summed E-state index contributed by atoms with van der Waals surface area (Å²) in [6.45, 7) is 2.53. The zero-order valence-corrected chi connectivity index (χ0v) is 24.3. The lowest BCUT2D eigenvalue weighted by Crippen LogP contribution is -2.49. The Labute approximate surface area is 254 Å². The molecule has 0 radical (unpaired) electrons. The Morgan fingerprint density at radius 3 is 2.49 bits per heavy atom. The molecule has 7 rings (SSSR count). The topological polar surface area (TPSA) is 75.7 Å². The molecule has 1 amide bonds. The molecule has 1 saturated heterocycles. The normalized spacial score (nSPS) is 23.0. The third-order valence-corrected chi connectivity index (χ3v) is 9.09. The summed E-state index contributed by atoms with van der Waals surface area (Å²) in [5, 5.41) is 3.59. The smallest absolute Gasteiger partial charge is 0.238 e. The van der Waals surface area contributed by atoms with Gasteiger partial charge in [0.25, 0.3) is 0 Å². The van der Waals surface area contributed by atoms with E-state index < -0.39 is 23.4 Å². The summed E-state index contributed by atoms with van der Waals surface area (Å²) in [5.41, 5.74) is 2.62. The van der Waals surface area contributed by atoms with Crippen LogP contribution >= 0.6 is 11.6 Å². The number of ether oxygens (including phenoxy) is 1. The number of ketones is 2. The quantitative estimate of drug-likeness (QED) is 0.233. The van der Waals surface area contributed by atoms with Gasteiger partial charge in [-0.2, -0.15) is 0 Å². The number of Topliss-reactive ketones (excluding diaryl/α,β-unsaturated/α-hetero) is 2. The summed E-state index contributed by atoms with van der Waals surface area (Å²) in [4.78, 5) is 46.1. The van der Waals surface area contributed by atoms with Crippen molar-refractivity contribution in [2.45, 2.75) is 30.8 Å². The van der Waals surface area contributed by atoms with Gasteiger partial charge in [0.2, 0.25) is 5.91 Å². The molecule has 3 heterocycles. The number of nitrogens with zero attached hydrogens (tertiary/aromatic N) is 1. The Morgan fingerprint density at radius 1 is 0.907 bits per heavy atom. The average molecular weight is 589 g/mol. The van der Waals surface area contributed by atoms with Gasteiger partial charge in [0, 0.05) is 28.0 Å². The van der Waals surface area contributed by atoms with Gasteiger partial charge >= 0.3 is 0 Å². The number of carbonyl (C=O) groups excluding carboxylic acids is 3. The van der Waals surface area contributed by atoms with E-state index in [0.717, 1.165) is 17.5 Å². The molecule has 6 nitrogen and oxygen atoms in total. The van der Waals surface area contributed by atoms with Crippen LogP contribution < -0.4 is 10.1 Å². The van der Waals surface area contributed by atoms with E-state index in [0.29, 0.717) is 39.8 Å². The van der Waals surface area contributed by atoms with Gasteiger partial charge in [-0.15, -0.1) is 0 Å². The lowest BCUT2D eigenvalue weighted by molar-refractivity contribution is -0.122. The number of fused-ring (bicyclic) bond motifs is 6. The third-order valence-electron chi connectivity index (χ3n) is 8.84. The van der Waals surface area contributed by atoms with Crippen LogP contribution in [0.4, 0.5) is 5.69 Å². The standard InChI is InChI=1S/C36H29ClN2O4/c1-2-20-43-26-10-7-9-24(21-26)32(40)30-31(33(41)23-14-16-25(37)17-15-23)39-19-18-22-8-3-4-11-27(22)34(39)36(30)28-12-5-6-13-29(28)38-35(36)42/h3-19,21,30-31,34H,2,20H2,1H3,(H,38,42). The number of halogens is 1. The molecular weight excluding hydrogens is 560 g/mol. The molecule has 7 heteroatoms. The van der Waals surface area contributed by atoms with E-state index in [9.17, 15) is 14.4 Å². The highest BCUT2D eigenvalue weighted by Crippen LogP contribution is 2.62. The SMILES string of the molecule is CCCOc1cccc(C(=O)C2C(C(=O)c3ccc(Cl)cc3)N3C=Cc4ccccc4C3C23C(=O)Nc2ccccc23)c1. The number of rotatable bonds is 7. The minimum atomic E-state index is -1.39. The summed E-state index contributed by atoms with van der Waals surface area (Å²) in [5.74, 6) is -1.32. The van der Waals surface area contributed by atoms with Crippen molar-refractivity contribution >= 4 is 40.8 Å². The van der Waals surface area contributed by atoms with Gasteiger partial charge in [-0.1, -0.05) is 73.1 Å². The Bertz CT molecular complexity index is 1800. The molecule has 3 aliphatic heterocycles. The largest absolute Gasteiger partial charge is 0.494 e. The number of anilines is 1. The Kier molecular flexibility index (Phi) is 6.66. The van der Waals surface area contributed by atoms with Crippen LogP contribution in [-0.2, 0) is 10.2 Å². The Balaban J connectivity index is 1.49. The average Bonchev–Trinajstić information content (AvgIpc) is 3.52. The number of hydrogen-bond donors (Lipinski definition) is 1. The maximum absolute atomic E-state index is 15.0. The van der Waals surface area contributed by atoms with E-state index in [2.05, 4.69) is 5.32 Å². The maximum Gasteiger partial charge on any atom is 0.238 e. The molecule has 1 N–H and O–H groups in total. The van der Waals surface area contributed by atoms with Crippen molar-refractivity contribution in [3.8, 4) is 5.75 Å². The van der Waals surface area contributed by atoms with Gasteiger partial charge in [-0.25, -0.2) is 0 Å². The van der Waals surface area contributed by atoms with Gasteiger partial charge < -0.3 is 15.0 Å². The fourth-order valence-electron chi connectivity index (χ4n) is 7.09. The number of benzene rings is 4. The summed E-state index contributed by atoms with van der Waals surface area (Å²) in [6, 6.07) is 27.5. The molecule has 3 aliphatic rings. The van der Waals surface area contributed by atoms with Crippen LogP contribution in [0.1, 0.15) is 56.8 Å². The fourth-order valence-corrected chi connectivity index (χ4v) is 7.22. The third kappa shape index (κ3) is 4.12. The van der Waals surface area contributed by atoms with Crippen LogP contribution in [0, 0.1) is 5.92 Å². The van der Waals surface area contributed by atoms with Crippen LogP contribution in [0.25, 0.3) is 6.08 Å². The van der Waals surface area contributed by atoms with Crippen molar-refractivity contribution in [3.63, 3.8) is 0 Å². The van der Waals surface area contributed by atoms with Crippen molar-refractivity contribution < 1.29 is 19.1 Å². The Morgan fingerprint density at radius 2 is 1.67 bits per heavy atom. The van der Waals surface area contributed by atoms with Crippen LogP contribution in [-0.4, -0.2) is 35.0 Å². The van der Waals surface area contributed by atoms with E-state index in [4.69, 9.17) is 16.3 Å². The molecule has 4 aromatic rings. The van der Waals surface area contributed by atoms with Gasteiger partial charge in [0.1, 0.15) is 17.2 Å². The zero-order chi connectivity index (χ0) is 29.7. The van der Waals surface area contributed by atoms with Crippen LogP contribution in [0.3, 0.4) is 0 Å². The van der Waals surface area contributed by atoms with Crippen LogP contribution in [0.15, 0.2) is 103 Å². The van der Waals surface area contributed by atoms with E-state index in [1.54, 1.807) is 42.5 Å². The van der Waals surface area contributed by atoms with Gasteiger partial charge in [0.05, 0.1) is 18.6 Å². The summed E-state index contributed by atoms with van der Waals surface area (Å²) in [6.07, 6.45) is 4.64. The van der Waals surface area contributed by atoms with Gasteiger partial charge in [0.15, 0.2) is 11.6 Å². The highest BCUT2D eigenvalue weighted by atomic mass is 35.5. The van der Waals surface area contributed by atoms with E-state index in [1.165, 1.54) is 0 Å². The maximum atomic E-state index is 15.0. The number of carbonyl (C=O) groups is 3. The van der Waals surface area contributed by atoms with E-state index in [1.807, 2.05) is 78.7 Å². The summed E-state index contributed by atoms with van der Waals surface area (Å²) in [7, 11) is 0. The molecule has 4 unspecified atom stereocenters. The second kappa shape index (κ2) is 10.5. The molecule has 0 saturated carbocycles. The predicted octanol–water partition coefficient (Wildman–Crippen LogP) is 7.11. The first-order chi connectivity index (χ1) is 20.9. The number of nitrogens with one attached hydrogen (secondary N) is 1. The summed E-state index contributed by atoms with van der Waals surface area (Å²) >= 11 is 6.18. The van der Waals surface area contributed by atoms with Crippen molar-refractivity contribution in [1.82, 2.24) is 4.90 Å². The van der Waals surface area contributed by atoms with E-state index in [-0.39, 0.29) is 17.5 Å². The van der Waals surface area contributed by atoms with Crippen molar-refractivity contribution in [1.29, 1.82) is 0 Å². The first-order valence-corrected chi connectivity index (χ1v) is 14.8. The molecular formula is C36H29ClN2O4. The molecule has 1 fully saturated rings. The van der Waals surface area contributed by atoms with Crippen molar-refractivity contribution in [2.24, 2.45) is 5.92 Å². The summed E-state index contributed by atoms with van der Waals surface area (Å²) < 4.78 is 5.87. The minimum absolute atomic E-state index is 0.253. The number of hydrogen-bond acceptors (Lipinski definition) is 5. The molecule has 1 spiro atoms. The lowest BCUT2D eigenvalue weighted by atomic mass is 9.62. The second-order valence-corrected chi connectivity index (χ2v) is 11.6. The highest BCUT2D eigenvalue weighted by molar-refractivity contribution is 6.30. The molecule has 4 aromatic carbocycles. The molecule has 0 aliphatic carbocycles. The fraction of sp³-hybridized carbons (Fsp3) is 0.194. The van der Waals surface area contributed by atoms with Crippen LogP contribution in [0.5, 0.6) is 5.75 Å². The lowest BCUT2D eigenvalue weighted by Gasteiger charge is -2.38. The first-order valence-electron chi connectivity index (χ1n) is 14.5. The predicted molar refractivity (Wildman–Crippen MR) is 166 cm³/mol. The molecule has 43 heavy (non-hydrogen) atoms. The van der Waals surface area contributed by atoms with Crippen LogP contribution in [0.2, 0.25) is 5.02 Å². The molecule has 0 aromatic heterocycles. The van der Waals surface area contributed by atoms with Gasteiger partial charge in [-0.05, 0) is 71.7 Å². The molecule has 4 atom stereocenters. The Hall–Kier alpha value is -4.68. The number of para-hydroxylation sites is 1. The van der Waals surface area contributed by atoms with Crippen molar-refractivity contribution in [2.75, 3.05) is 11.9 Å². The molecule has 0 bridgehead atoms. The minimum Gasteiger partial charge on any atom is -0.494 e. The number of amides is 1. The van der Waals surface area contributed by atoms with Gasteiger partial charge in [-0.3, -0.25) is 14.4 Å². The molecule has 214 valence electrons. The first kappa shape index (κ1) is 27.2. The highest BCUT2D eigenvalue weighted by Gasteiger charge is 2.70. The van der Waals surface area contributed by atoms with E-state index >= 15 is 0 Å². The zero-order valence-electron chi connectivity index (χ0n) is 23.5. The second-order valence-electron chi connectivity index (χ2n) is 11.2. The van der Waals surface area contributed by atoms with Crippen molar-refractivity contribution in [3.05, 3.63) is 136 Å².